The average Bonchev–Trinajstić information content (AvgIpc) is 3.46. The minimum Gasteiger partial charge on any atom is -0.352 e. The Morgan fingerprint density at radius 1 is 1.00 bits per heavy atom. The zero-order valence-electron chi connectivity index (χ0n) is 22.6. The highest BCUT2D eigenvalue weighted by atomic mass is 127. The molecule has 0 aliphatic heterocycles. The number of carbonyl (C=O) groups is 2. The van der Waals surface area contributed by atoms with Gasteiger partial charge in [-0.05, 0) is 95.9 Å². The number of rotatable bonds is 11. The summed E-state index contributed by atoms with van der Waals surface area (Å²) in [5, 5.41) is 3.90. The largest absolute Gasteiger partial charge is 0.352 e. The molecule has 0 radical (unpaired) electrons. The van der Waals surface area contributed by atoms with Crippen LogP contribution in [-0.2, 0) is 26.2 Å². The van der Waals surface area contributed by atoms with Gasteiger partial charge in [0.05, 0.1) is 10.6 Å². The summed E-state index contributed by atoms with van der Waals surface area (Å²) in [4.78, 5) is 29.2. The predicted molar refractivity (Wildman–Crippen MR) is 172 cm³/mol. The zero-order valence-corrected chi connectivity index (χ0v) is 27.1. The predicted octanol–water partition coefficient (Wildman–Crippen LogP) is 6.66. The second-order valence-corrected chi connectivity index (χ2v) is 13.9. The van der Waals surface area contributed by atoms with E-state index in [9.17, 15) is 18.0 Å². The van der Waals surface area contributed by atoms with Crippen LogP contribution in [0.4, 0.5) is 5.69 Å². The number of hydrogen-bond donors (Lipinski definition) is 1. The van der Waals surface area contributed by atoms with E-state index in [2.05, 4.69) is 27.9 Å². The van der Waals surface area contributed by atoms with Crippen LogP contribution in [0.15, 0.2) is 77.7 Å². The topological polar surface area (TPSA) is 86.8 Å². The highest BCUT2D eigenvalue weighted by Crippen LogP contribution is 2.27. The average molecular weight is 728 g/mol. The van der Waals surface area contributed by atoms with E-state index in [0.29, 0.717) is 27.7 Å². The molecule has 4 rings (SSSR count). The maximum absolute atomic E-state index is 14.2. The van der Waals surface area contributed by atoms with Gasteiger partial charge in [0.25, 0.3) is 10.0 Å². The van der Waals surface area contributed by atoms with Gasteiger partial charge in [-0.25, -0.2) is 8.42 Å². The minimum atomic E-state index is -4.11. The Hall–Kier alpha value is -2.34. The number of sulfonamides is 1. The Balaban J connectivity index is 1.72. The second-order valence-electron chi connectivity index (χ2n) is 9.97. The van der Waals surface area contributed by atoms with Crippen molar-refractivity contribution in [1.29, 1.82) is 0 Å². The first-order valence-electron chi connectivity index (χ1n) is 13.5. The van der Waals surface area contributed by atoms with Crippen molar-refractivity contribution in [2.75, 3.05) is 10.8 Å². The van der Waals surface area contributed by atoms with Crippen LogP contribution in [0.2, 0.25) is 10.0 Å². The molecule has 1 unspecified atom stereocenters. The first-order chi connectivity index (χ1) is 19.6. The van der Waals surface area contributed by atoms with Crippen molar-refractivity contribution in [2.24, 2.45) is 0 Å². The monoisotopic (exact) mass is 727 g/mol. The number of benzene rings is 3. The second kappa shape index (κ2) is 14.2. The number of hydrogen-bond acceptors (Lipinski definition) is 4. The standard InChI is InChI=1S/C30H32Cl2IN3O4S/c1-2-28(30(38)34-24-8-6-7-9-24)35(19-21-12-13-22(31)18-27(21)32)29(37)20-36(25-16-14-23(33)15-17-25)41(39,40)26-10-4-3-5-11-26/h3-5,10-18,24,28H,2,6-9,19-20H2,1H3,(H,34,38). The first kappa shape index (κ1) is 31.6. The number of anilines is 1. The van der Waals surface area contributed by atoms with Crippen molar-refractivity contribution in [2.45, 2.75) is 62.6 Å². The Bertz CT molecular complexity index is 1470. The Labute approximate surface area is 265 Å². The van der Waals surface area contributed by atoms with Crippen LogP contribution in [0.25, 0.3) is 0 Å². The molecule has 3 aromatic carbocycles. The van der Waals surface area contributed by atoms with Gasteiger partial charge in [-0.2, -0.15) is 0 Å². The van der Waals surface area contributed by atoms with Crippen LogP contribution in [0.1, 0.15) is 44.6 Å². The fourth-order valence-corrected chi connectivity index (χ4v) is 7.24. The van der Waals surface area contributed by atoms with Crippen molar-refractivity contribution in [3.8, 4) is 0 Å². The Morgan fingerprint density at radius 2 is 1.66 bits per heavy atom. The molecule has 3 aromatic rings. The summed E-state index contributed by atoms with van der Waals surface area (Å²) in [7, 11) is -4.11. The zero-order chi connectivity index (χ0) is 29.6. The van der Waals surface area contributed by atoms with Crippen LogP contribution < -0.4 is 9.62 Å². The van der Waals surface area contributed by atoms with E-state index in [4.69, 9.17) is 23.2 Å². The lowest BCUT2D eigenvalue weighted by atomic mass is 10.1. The molecule has 1 atom stereocenters. The third-order valence-electron chi connectivity index (χ3n) is 7.17. The highest BCUT2D eigenvalue weighted by Gasteiger charge is 2.34. The van der Waals surface area contributed by atoms with E-state index in [-0.39, 0.29) is 23.4 Å². The van der Waals surface area contributed by atoms with E-state index < -0.39 is 28.5 Å². The molecule has 1 fully saturated rings. The molecule has 1 N–H and O–H groups in total. The number of nitrogens with one attached hydrogen (secondary N) is 1. The SMILES string of the molecule is CCC(C(=O)NC1CCCC1)N(Cc1ccc(Cl)cc1Cl)C(=O)CN(c1ccc(I)cc1)S(=O)(=O)c1ccccc1. The van der Waals surface area contributed by atoms with Gasteiger partial charge in [-0.1, -0.05) is 67.2 Å². The lowest BCUT2D eigenvalue weighted by Gasteiger charge is -2.34. The highest BCUT2D eigenvalue weighted by molar-refractivity contribution is 14.1. The molecule has 0 heterocycles. The van der Waals surface area contributed by atoms with E-state index in [0.717, 1.165) is 33.6 Å². The van der Waals surface area contributed by atoms with Gasteiger partial charge in [-0.3, -0.25) is 13.9 Å². The van der Waals surface area contributed by atoms with Crippen molar-refractivity contribution in [1.82, 2.24) is 10.2 Å². The van der Waals surface area contributed by atoms with Gasteiger partial charge in [0.1, 0.15) is 12.6 Å². The summed E-state index contributed by atoms with van der Waals surface area (Å²) in [6.07, 6.45) is 4.23. The lowest BCUT2D eigenvalue weighted by molar-refractivity contribution is -0.140. The molecular weight excluding hydrogens is 696 g/mol. The molecule has 1 aliphatic rings. The maximum atomic E-state index is 14.2. The van der Waals surface area contributed by atoms with Gasteiger partial charge in [0.15, 0.2) is 0 Å². The van der Waals surface area contributed by atoms with Gasteiger partial charge < -0.3 is 10.2 Å². The number of amides is 2. The molecule has 1 saturated carbocycles. The van der Waals surface area contributed by atoms with Crippen LogP contribution in [0, 0.1) is 3.57 Å². The molecule has 7 nitrogen and oxygen atoms in total. The van der Waals surface area contributed by atoms with E-state index in [1.54, 1.807) is 60.7 Å². The molecule has 0 aromatic heterocycles. The first-order valence-corrected chi connectivity index (χ1v) is 16.7. The Morgan fingerprint density at radius 3 is 2.27 bits per heavy atom. The summed E-state index contributed by atoms with van der Waals surface area (Å²) < 4.78 is 29.8. The van der Waals surface area contributed by atoms with Crippen LogP contribution in [-0.4, -0.2) is 43.8 Å². The molecule has 1 aliphatic carbocycles. The van der Waals surface area contributed by atoms with Crippen LogP contribution in [0.5, 0.6) is 0 Å². The molecule has 0 saturated heterocycles. The number of halogens is 3. The lowest BCUT2D eigenvalue weighted by Crippen LogP contribution is -2.53. The van der Waals surface area contributed by atoms with Crippen molar-refractivity contribution < 1.29 is 18.0 Å². The number of carbonyl (C=O) groups excluding carboxylic acids is 2. The van der Waals surface area contributed by atoms with Gasteiger partial charge >= 0.3 is 0 Å². The van der Waals surface area contributed by atoms with Gasteiger partial charge in [-0.15, -0.1) is 0 Å². The molecule has 0 spiro atoms. The summed E-state index contributed by atoms with van der Waals surface area (Å²) in [5.41, 5.74) is 0.943. The van der Waals surface area contributed by atoms with Crippen LogP contribution >= 0.6 is 45.8 Å². The quantitative estimate of drug-likeness (QED) is 0.224. The van der Waals surface area contributed by atoms with Gasteiger partial charge in [0.2, 0.25) is 11.8 Å². The normalized spacial score (nSPS) is 14.4. The van der Waals surface area contributed by atoms with E-state index >= 15 is 0 Å². The van der Waals surface area contributed by atoms with Crippen molar-refractivity contribution in [3.63, 3.8) is 0 Å². The molecule has 41 heavy (non-hydrogen) atoms. The van der Waals surface area contributed by atoms with Crippen molar-refractivity contribution in [3.05, 3.63) is 92.0 Å². The minimum absolute atomic E-state index is 0.0113. The molecule has 2 amide bonds. The number of nitrogens with zero attached hydrogens (tertiary/aromatic N) is 2. The summed E-state index contributed by atoms with van der Waals surface area (Å²) in [5.74, 6) is -0.785. The van der Waals surface area contributed by atoms with E-state index in [1.807, 2.05) is 6.92 Å². The molecule has 11 heteroatoms. The van der Waals surface area contributed by atoms with Gasteiger partial charge in [0, 0.05) is 26.2 Å². The third kappa shape index (κ3) is 7.94. The fourth-order valence-electron chi connectivity index (χ4n) is 4.98. The van der Waals surface area contributed by atoms with Crippen LogP contribution in [0.3, 0.4) is 0 Å². The maximum Gasteiger partial charge on any atom is 0.264 e. The smallest absolute Gasteiger partial charge is 0.264 e. The summed E-state index contributed by atoms with van der Waals surface area (Å²) in [6.45, 7) is 1.34. The molecule has 218 valence electrons. The third-order valence-corrected chi connectivity index (χ3v) is 10.3. The van der Waals surface area contributed by atoms with E-state index in [1.165, 1.54) is 17.0 Å². The molecule has 0 bridgehead atoms. The molecular formula is C30H32Cl2IN3O4S. The van der Waals surface area contributed by atoms with Crippen molar-refractivity contribution >= 4 is 73.3 Å². The Kier molecular flexibility index (Phi) is 11.0. The summed E-state index contributed by atoms with van der Waals surface area (Å²) in [6, 6.07) is 19.1. The fraction of sp³-hybridized carbons (Fsp3) is 0.333. The summed E-state index contributed by atoms with van der Waals surface area (Å²) >= 11 is 14.7.